The van der Waals surface area contributed by atoms with Crippen molar-refractivity contribution in [3.05, 3.63) is 34.9 Å². The van der Waals surface area contributed by atoms with Gasteiger partial charge in [-0.15, -0.1) is 0 Å². The van der Waals surface area contributed by atoms with Crippen LogP contribution in [0.15, 0.2) is 24.3 Å². The number of carbonyl (C=O) groups excluding carboxylic acids is 1. The first-order valence-corrected chi connectivity index (χ1v) is 7.83. The Kier molecular flexibility index (Phi) is 6.21. The molecule has 5 nitrogen and oxygen atoms in total. The molecule has 2 N–H and O–H groups in total. The third-order valence-corrected chi connectivity index (χ3v) is 3.97. The second-order valence-electron chi connectivity index (χ2n) is 5.42. The molecule has 1 aromatic carbocycles. The first kappa shape index (κ1) is 16.8. The third-order valence-electron chi connectivity index (χ3n) is 3.72. The predicted octanol–water partition coefficient (Wildman–Crippen LogP) is 2.93. The van der Waals surface area contributed by atoms with Crippen LogP contribution < -0.4 is 5.32 Å². The molecule has 1 aliphatic rings. The van der Waals surface area contributed by atoms with E-state index < -0.39 is 12.0 Å². The van der Waals surface area contributed by atoms with Gasteiger partial charge in [0.25, 0.3) is 0 Å². The van der Waals surface area contributed by atoms with Crippen molar-refractivity contribution in [2.24, 2.45) is 0 Å². The molecule has 1 amide bonds. The summed E-state index contributed by atoms with van der Waals surface area (Å²) in [6, 6.07) is 5.36. The Morgan fingerprint density at radius 1 is 1.32 bits per heavy atom. The number of nitrogens with one attached hydrogen (secondary N) is 1. The van der Waals surface area contributed by atoms with Gasteiger partial charge in [-0.25, -0.2) is 4.79 Å². The zero-order chi connectivity index (χ0) is 15.9. The molecular weight excluding hydrogens is 306 g/mol. The third kappa shape index (κ3) is 5.00. The van der Waals surface area contributed by atoms with E-state index in [1.54, 1.807) is 24.3 Å². The molecule has 22 heavy (non-hydrogen) atoms. The summed E-state index contributed by atoms with van der Waals surface area (Å²) in [7, 11) is 0. The Morgan fingerprint density at radius 3 is 2.64 bits per heavy atom. The fraction of sp³-hybridized carbons (Fsp3) is 0.500. The molecule has 0 bridgehead atoms. The van der Waals surface area contributed by atoms with Gasteiger partial charge in [0.2, 0.25) is 5.91 Å². The lowest BCUT2D eigenvalue weighted by atomic mass is 10.0. The van der Waals surface area contributed by atoms with Crippen molar-refractivity contribution < 1.29 is 19.4 Å². The van der Waals surface area contributed by atoms with Gasteiger partial charge < -0.3 is 15.2 Å². The Labute approximate surface area is 134 Å². The Bertz CT molecular complexity index is 511. The monoisotopic (exact) mass is 325 g/mol. The van der Waals surface area contributed by atoms with Gasteiger partial charge in [-0.1, -0.05) is 23.7 Å². The van der Waals surface area contributed by atoms with E-state index in [1.165, 1.54) is 0 Å². The van der Waals surface area contributed by atoms with Gasteiger partial charge in [-0.3, -0.25) is 4.79 Å². The lowest BCUT2D eigenvalue weighted by molar-refractivity contribution is -0.142. The topological polar surface area (TPSA) is 75.6 Å². The zero-order valence-corrected chi connectivity index (χ0v) is 13.0. The fourth-order valence-electron chi connectivity index (χ4n) is 2.50. The van der Waals surface area contributed by atoms with Gasteiger partial charge >= 0.3 is 5.97 Å². The lowest BCUT2D eigenvalue weighted by Crippen LogP contribution is -2.34. The van der Waals surface area contributed by atoms with E-state index in [4.69, 9.17) is 16.3 Å². The second-order valence-corrected chi connectivity index (χ2v) is 5.85. The van der Waals surface area contributed by atoms with Crippen molar-refractivity contribution in [1.29, 1.82) is 0 Å². The number of rotatable bonds is 6. The number of carboxylic acid groups (broad SMARTS) is 1. The quantitative estimate of drug-likeness (QED) is 0.843. The van der Waals surface area contributed by atoms with Crippen LogP contribution in [-0.4, -0.2) is 29.7 Å². The van der Waals surface area contributed by atoms with Crippen LogP contribution in [0.1, 0.15) is 43.7 Å². The van der Waals surface area contributed by atoms with E-state index in [1.807, 2.05) is 0 Å². The largest absolute Gasteiger partial charge is 0.479 e. The van der Waals surface area contributed by atoms with E-state index in [2.05, 4.69) is 5.32 Å². The fourth-order valence-corrected chi connectivity index (χ4v) is 2.63. The highest BCUT2D eigenvalue weighted by Crippen LogP contribution is 2.19. The van der Waals surface area contributed by atoms with Crippen molar-refractivity contribution in [2.45, 2.75) is 44.2 Å². The van der Waals surface area contributed by atoms with Crippen molar-refractivity contribution in [1.82, 2.24) is 5.32 Å². The molecular formula is C16H20ClNO4. The number of hydrogen-bond acceptors (Lipinski definition) is 3. The molecule has 0 spiro atoms. The molecule has 0 radical (unpaired) electrons. The Morgan fingerprint density at radius 2 is 2.05 bits per heavy atom. The van der Waals surface area contributed by atoms with Crippen LogP contribution in [0.25, 0.3) is 0 Å². The minimum absolute atomic E-state index is 0.110. The predicted molar refractivity (Wildman–Crippen MR) is 82.8 cm³/mol. The van der Waals surface area contributed by atoms with Crippen LogP contribution in [0.3, 0.4) is 0 Å². The minimum atomic E-state index is -1.09. The molecule has 1 fully saturated rings. The number of carbonyl (C=O) groups is 2. The molecule has 1 heterocycles. The number of ether oxygens (including phenoxy) is 1. The van der Waals surface area contributed by atoms with Gasteiger partial charge in [0.1, 0.15) is 0 Å². The van der Waals surface area contributed by atoms with Crippen LogP contribution >= 0.6 is 11.6 Å². The van der Waals surface area contributed by atoms with Gasteiger partial charge in [-0.05, 0) is 43.4 Å². The summed E-state index contributed by atoms with van der Waals surface area (Å²) in [6.45, 7) is 0.745. The summed E-state index contributed by atoms with van der Waals surface area (Å²) in [4.78, 5) is 23.3. The smallest absolute Gasteiger partial charge is 0.330 e. The summed E-state index contributed by atoms with van der Waals surface area (Å²) in [5.41, 5.74) is 0.499. The van der Waals surface area contributed by atoms with E-state index in [-0.39, 0.29) is 18.4 Å². The highest BCUT2D eigenvalue weighted by molar-refractivity contribution is 6.30. The number of carboxylic acids is 1. The van der Waals surface area contributed by atoms with E-state index in [9.17, 15) is 14.7 Å². The minimum Gasteiger partial charge on any atom is -0.479 e. The lowest BCUT2D eigenvalue weighted by Gasteiger charge is -2.22. The number of hydrogen-bond donors (Lipinski definition) is 2. The summed E-state index contributed by atoms with van der Waals surface area (Å²) < 4.78 is 5.57. The van der Waals surface area contributed by atoms with Crippen LogP contribution in [0.4, 0.5) is 0 Å². The Balaban J connectivity index is 1.88. The van der Waals surface area contributed by atoms with Crippen molar-refractivity contribution in [3.8, 4) is 0 Å². The maximum Gasteiger partial charge on any atom is 0.330 e. The number of benzene rings is 1. The van der Waals surface area contributed by atoms with Gasteiger partial charge in [-0.2, -0.15) is 0 Å². The molecule has 1 saturated heterocycles. The van der Waals surface area contributed by atoms with Crippen LogP contribution in [-0.2, 0) is 14.3 Å². The molecule has 1 aromatic rings. The maximum atomic E-state index is 12.0. The summed E-state index contributed by atoms with van der Waals surface area (Å²) >= 11 is 5.79. The molecule has 2 unspecified atom stereocenters. The molecule has 2 rings (SSSR count). The van der Waals surface area contributed by atoms with Gasteiger partial charge in [0.15, 0.2) is 6.04 Å². The first-order chi connectivity index (χ1) is 10.6. The average molecular weight is 326 g/mol. The van der Waals surface area contributed by atoms with Crippen molar-refractivity contribution in [3.63, 3.8) is 0 Å². The standard InChI is InChI=1S/C16H20ClNO4/c17-12-6-4-11(5-7-12)15(16(20)21)18-14(19)9-8-13-3-1-2-10-22-13/h4-7,13,15H,1-3,8-10H2,(H,18,19)(H,20,21). The molecule has 0 saturated carbocycles. The average Bonchev–Trinajstić information content (AvgIpc) is 2.52. The van der Waals surface area contributed by atoms with Crippen molar-refractivity contribution >= 4 is 23.5 Å². The van der Waals surface area contributed by atoms with Crippen LogP contribution in [0.2, 0.25) is 5.02 Å². The first-order valence-electron chi connectivity index (χ1n) is 7.45. The summed E-state index contributed by atoms with van der Waals surface area (Å²) in [6.07, 6.45) is 4.15. The van der Waals surface area contributed by atoms with E-state index in [0.717, 1.165) is 25.9 Å². The van der Waals surface area contributed by atoms with Crippen molar-refractivity contribution in [2.75, 3.05) is 6.61 Å². The van der Waals surface area contributed by atoms with Crippen LogP contribution in [0.5, 0.6) is 0 Å². The molecule has 0 aromatic heterocycles. The van der Waals surface area contributed by atoms with Gasteiger partial charge in [0, 0.05) is 18.1 Å². The summed E-state index contributed by atoms with van der Waals surface area (Å²) in [5.74, 6) is -1.37. The zero-order valence-electron chi connectivity index (χ0n) is 12.3. The molecule has 1 aliphatic heterocycles. The van der Waals surface area contributed by atoms with Gasteiger partial charge in [0.05, 0.1) is 6.10 Å². The van der Waals surface area contributed by atoms with Crippen LogP contribution in [0, 0.1) is 0 Å². The molecule has 6 heteroatoms. The molecule has 2 atom stereocenters. The molecule has 0 aliphatic carbocycles. The maximum absolute atomic E-state index is 12.0. The number of halogens is 1. The van der Waals surface area contributed by atoms with E-state index in [0.29, 0.717) is 17.0 Å². The normalized spacial score (nSPS) is 19.4. The number of amides is 1. The molecule has 120 valence electrons. The Hall–Kier alpha value is -1.59. The van der Waals surface area contributed by atoms with E-state index >= 15 is 0 Å². The highest BCUT2D eigenvalue weighted by atomic mass is 35.5. The summed E-state index contributed by atoms with van der Waals surface area (Å²) in [5, 5.41) is 12.4. The SMILES string of the molecule is O=C(CCC1CCCCO1)NC(C(=O)O)c1ccc(Cl)cc1. The second kappa shape index (κ2) is 8.15. The number of aliphatic carboxylic acids is 1. The highest BCUT2D eigenvalue weighted by Gasteiger charge is 2.23.